The molecule has 0 aliphatic rings. The van der Waals surface area contributed by atoms with Crippen LogP contribution in [0.5, 0.6) is 0 Å². The molecule has 0 aromatic carbocycles. The Balaban J connectivity index is 2.15. The minimum absolute atomic E-state index is 0.199. The highest BCUT2D eigenvalue weighted by Gasteiger charge is 2.23. The molecule has 21 heavy (non-hydrogen) atoms. The lowest BCUT2D eigenvalue weighted by molar-refractivity contribution is 0.316. The van der Waals surface area contributed by atoms with E-state index >= 15 is 0 Å². The van der Waals surface area contributed by atoms with E-state index in [1.54, 1.807) is 18.3 Å². The van der Waals surface area contributed by atoms with Crippen molar-refractivity contribution in [3.63, 3.8) is 0 Å². The summed E-state index contributed by atoms with van der Waals surface area (Å²) in [5.74, 6) is 1.35. The van der Waals surface area contributed by atoms with Gasteiger partial charge in [-0.1, -0.05) is 30.6 Å². The summed E-state index contributed by atoms with van der Waals surface area (Å²) in [6, 6.07) is 3.85. The smallest absolute Gasteiger partial charge is 0.231 e. The maximum atomic E-state index is 5.83. The number of aromatic nitrogens is 3. The van der Waals surface area contributed by atoms with Crippen molar-refractivity contribution in [1.29, 1.82) is 0 Å². The molecular formula is C15H21ClN4O. The lowest BCUT2D eigenvalue weighted by atomic mass is 9.98. The predicted octanol–water partition coefficient (Wildman–Crippen LogP) is 3.67. The first kappa shape index (κ1) is 15.9. The van der Waals surface area contributed by atoms with Gasteiger partial charge < -0.3 is 9.84 Å². The molecule has 2 heterocycles. The van der Waals surface area contributed by atoms with Gasteiger partial charge in [0.25, 0.3) is 0 Å². The molecule has 0 bridgehead atoms. The van der Waals surface area contributed by atoms with E-state index in [0.29, 0.717) is 28.5 Å². The Morgan fingerprint density at radius 1 is 1.33 bits per heavy atom. The zero-order valence-corrected chi connectivity index (χ0v) is 13.4. The standard InChI is InChI=1S/C15H21ClN4O/c1-4-8-17-10(3)12(5-2)15-19-14(20-21-15)13-7-6-11(16)9-18-13/h6-7,9-10,12,17H,4-5,8H2,1-3H3. The molecule has 0 saturated heterocycles. The topological polar surface area (TPSA) is 63.8 Å². The lowest BCUT2D eigenvalue weighted by Gasteiger charge is -2.20. The van der Waals surface area contributed by atoms with Gasteiger partial charge >= 0.3 is 0 Å². The predicted molar refractivity (Wildman–Crippen MR) is 83.3 cm³/mol. The Hall–Kier alpha value is -1.46. The second-order valence-corrected chi connectivity index (χ2v) is 5.51. The van der Waals surface area contributed by atoms with Gasteiger partial charge in [-0.05, 0) is 38.4 Å². The van der Waals surface area contributed by atoms with Crippen LogP contribution in [-0.4, -0.2) is 27.7 Å². The van der Waals surface area contributed by atoms with Gasteiger partial charge in [-0.25, -0.2) is 0 Å². The van der Waals surface area contributed by atoms with Crippen LogP contribution in [-0.2, 0) is 0 Å². The summed E-state index contributed by atoms with van der Waals surface area (Å²) in [5.41, 5.74) is 0.665. The van der Waals surface area contributed by atoms with E-state index in [-0.39, 0.29) is 5.92 Å². The van der Waals surface area contributed by atoms with Crippen LogP contribution in [0.15, 0.2) is 22.9 Å². The van der Waals surface area contributed by atoms with Crippen molar-refractivity contribution in [3.05, 3.63) is 29.2 Å². The van der Waals surface area contributed by atoms with Gasteiger partial charge in [-0.15, -0.1) is 0 Å². The summed E-state index contributed by atoms with van der Waals surface area (Å²) in [6.07, 6.45) is 3.62. The van der Waals surface area contributed by atoms with E-state index in [0.717, 1.165) is 19.4 Å². The Morgan fingerprint density at radius 3 is 2.76 bits per heavy atom. The molecule has 2 rings (SSSR count). The third kappa shape index (κ3) is 4.02. The van der Waals surface area contributed by atoms with Crippen LogP contribution >= 0.6 is 11.6 Å². The highest BCUT2D eigenvalue weighted by molar-refractivity contribution is 6.30. The number of hydrogen-bond donors (Lipinski definition) is 1. The molecule has 6 heteroatoms. The molecule has 0 radical (unpaired) electrons. The first-order valence-electron chi connectivity index (χ1n) is 7.34. The average molecular weight is 309 g/mol. The van der Waals surface area contributed by atoms with Crippen molar-refractivity contribution in [3.8, 4) is 11.5 Å². The zero-order chi connectivity index (χ0) is 15.2. The normalized spacial score (nSPS) is 14.1. The van der Waals surface area contributed by atoms with Crippen LogP contribution in [0.25, 0.3) is 11.5 Å². The number of nitrogens with one attached hydrogen (secondary N) is 1. The zero-order valence-electron chi connectivity index (χ0n) is 12.6. The maximum absolute atomic E-state index is 5.83. The number of nitrogens with zero attached hydrogens (tertiary/aromatic N) is 3. The van der Waals surface area contributed by atoms with Gasteiger partial charge in [-0.2, -0.15) is 4.98 Å². The fourth-order valence-electron chi connectivity index (χ4n) is 2.25. The summed E-state index contributed by atoms with van der Waals surface area (Å²) in [7, 11) is 0. The molecule has 0 amide bonds. The molecule has 0 spiro atoms. The van der Waals surface area contributed by atoms with Crippen molar-refractivity contribution in [2.75, 3.05) is 6.54 Å². The van der Waals surface area contributed by atoms with Crippen LogP contribution in [0.1, 0.15) is 45.4 Å². The summed E-state index contributed by atoms with van der Waals surface area (Å²) < 4.78 is 5.43. The van der Waals surface area contributed by atoms with Crippen molar-refractivity contribution < 1.29 is 4.52 Å². The van der Waals surface area contributed by atoms with Crippen LogP contribution < -0.4 is 5.32 Å². The molecular weight excluding hydrogens is 288 g/mol. The molecule has 2 aromatic heterocycles. The summed E-state index contributed by atoms with van der Waals surface area (Å²) >= 11 is 5.83. The highest BCUT2D eigenvalue weighted by Crippen LogP contribution is 2.24. The molecule has 2 atom stereocenters. The van der Waals surface area contributed by atoms with Gasteiger partial charge in [0, 0.05) is 12.2 Å². The molecule has 1 N–H and O–H groups in total. The molecule has 0 aliphatic heterocycles. The Morgan fingerprint density at radius 2 is 2.14 bits per heavy atom. The van der Waals surface area contributed by atoms with Crippen LogP contribution in [0.4, 0.5) is 0 Å². The number of rotatable bonds is 7. The number of pyridine rings is 1. The lowest BCUT2D eigenvalue weighted by Crippen LogP contribution is -2.32. The van der Waals surface area contributed by atoms with Crippen molar-refractivity contribution in [1.82, 2.24) is 20.4 Å². The van der Waals surface area contributed by atoms with Gasteiger partial charge in [0.05, 0.1) is 10.9 Å². The number of halogens is 1. The van der Waals surface area contributed by atoms with Crippen molar-refractivity contribution >= 4 is 11.6 Å². The minimum Gasteiger partial charge on any atom is -0.339 e. The molecule has 2 aromatic rings. The molecule has 2 unspecified atom stereocenters. The molecule has 0 saturated carbocycles. The van der Waals surface area contributed by atoms with E-state index in [1.807, 2.05) is 0 Å². The van der Waals surface area contributed by atoms with E-state index < -0.39 is 0 Å². The maximum Gasteiger partial charge on any atom is 0.231 e. The van der Waals surface area contributed by atoms with Crippen LogP contribution in [0.3, 0.4) is 0 Å². The van der Waals surface area contributed by atoms with E-state index in [4.69, 9.17) is 16.1 Å². The Bertz CT molecular complexity index is 555. The molecule has 114 valence electrons. The summed E-state index contributed by atoms with van der Waals surface area (Å²) in [5, 5.41) is 8.09. The Kier molecular flexibility index (Phi) is 5.70. The average Bonchev–Trinajstić information content (AvgIpc) is 2.96. The first-order valence-corrected chi connectivity index (χ1v) is 7.72. The van der Waals surface area contributed by atoms with Crippen LogP contribution in [0, 0.1) is 0 Å². The van der Waals surface area contributed by atoms with E-state index in [1.165, 1.54) is 0 Å². The van der Waals surface area contributed by atoms with E-state index in [9.17, 15) is 0 Å². The van der Waals surface area contributed by atoms with E-state index in [2.05, 4.69) is 41.2 Å². The third-order valence-corrected chi connectivity index (χ3v) is 3.70. The minimum atomic E-state index is 0.199. The van der Waals surface area contributed by atoms with Gasteiger partial charge in [-0.3, -0.25) is 4.98 Å². The Labute approximate surface area is 130 Å². The fraction of sp³-hybridized carbons (Fsp3) is 0.533. The SMILES string of the molecule is CCCNC(C)C(CC)c1nc(-c2ccc(Cl)cn2)no1. The van der Waals surface area contributed by atoms with Crippen molar-refractivity contribution in [2.45, 2.75) is 45.6 Å². The fourth-order valence-corrected chi connectivity index (χ4v) is 2.37. The third-order valence-electron chi connectivity index (χ3n) is 3.48. The summed E-state index contributed by atoms with van der Waals surface area (Å²) in [4.78, 5) is 8.70. The first-order chi connectivity index (χ1) is 10.2. The molecule has 0 fully saturated rings. The van der Waals surface area contributed by atoms with Gasteiger partial charge in [0.1, 0.15) is 5.69 Å². The quantitative estimate of drug-likeness (QED) is 0.845. The second-order valence-electron chi connectivity index (χ2n) is 5.08. The summed E-state index contributed by atoms with van der Waals surface area (Å²) in [6.45, 7) is 7.41. The largest absolute Gasteiger partial charge is 0.339 e. The van der Waals surface area contributed by atoms with Crippen LogP contribution in [0.2, 0.25) is 5.02 Å². The monoisotopic (exact) mass is 308 g/mol. The second kappa shape index (κ2) is 7.52. The number of hydrogen-bond acceptors (Lipinski definition) is 5. The van der Waals surface area contributed by atoms with Gasteiger partial charge in [0.2, 0.25) is 11.7 Å². The van der Waals surface area contributed by atoms with Gasteiger partial charge in [0.15, 0.2) is 0 Å². The molecule has 5 nitrogen and oxygen atoms in total. The van der Waals surface area contributed by atoms with Crippen molar-refractivity contribution in [2.24, 2.45) is 0 Å². The molecule has 0 aliphatic carbocycles. The highest BCUT2D eigenvalue weighted by atomic mass is 35.5.